The molecule has 0 radical (unpaired) electrons. The van der Waals surface area contributed by atoms with Gasteiger partial charge >= 0.3 is 0 Å². The fraction of sp³-hybridized carbons (Fsp3) is 0.200. The summed E-state index contributed by atoms with van der Waals surface area (Å²) in [6.07, 6.45) is 0. The molecule has 0 fully saturated rings. The second-order valence-electron chi connectivity index (χ2n) is 4.52. The quantitative estimate of drug-likeness (QED) is 0.716. The van der Waals surface area contributed by atoms with Gasteiger partial charge in [0.1, 0.15) is 5.82 Å². The Bertz CT molecular complexity index is 619. The number of hydrogen-bond donors (Lipinski definition) is 1. The molecule has 0 aliphatic carbocycles. The molecule has 0 spiro atoms. The lowest BCUT2D eigenvalue weighted by atomic mass is 10.1. The van der Waals surface area contributed by atoms with Gasteiger partial charge in [-0.3, -0.25) is 0 Å². The van der Waals surface area contributed by atoms with Crippen molar-refractivity contribution in [1.82, 2.24) is 5.32 Å². The summed E-state index contributed by atoms with van der Waals surface area (Å²) < 4.78 is 13.6. The normalized spacial score (nSPS) is 12.4. The van der Waals surface area contributed by atoms with E-state index in [1.165, 1.54) is 6.07 Å². The summed E-state index contributed by atoms with van der Waals surface area (Å²) in [4.78, 5) is 0. The number of benzene rings is 2. The molecule has 0 saturated carbocycles. The van der Waals surface area contributed by atoms with Crippen molar-refractivity contribution in [2.75, 3.05) is 0 Å². The standard InChI is InChI=1S/C15H13BrCl2FN/c1-9(11-3-4-13(17)14(18)7-11)20-8-10-2-5-15(19)12(16)6-10/h2-7,9,20H,8H2,1H3. The average Bonchev–Trinajstić information content (AvgIpc) is 2.43. The van der Waals surface area contributed by atoms with Crippen LogP contribution in [0.4, 0.5) is 4.39 Å². The summed E-state index contributed by atoms with van der Waals surface area (Å²) in [5.74, 6) is -0.258. The van der Waals surface area contributed by atoms with E-state index < -0.39 is 0 Å². The van der Waals surface area contributed by atoms with Gasteiger partial charge in [-0.1, -0.05) is 35.3 Å². The maximum absolute atomic E-state index is 13.2. The van der Waals surface area contributed by atoms with E-state index in [9.17, 15) is 4.39 Å². The van der Waals surface area contributed by atoms with Crippen LogP contribution in [0.25, 0.3) is 0 Å². The Morgan fingerprint density at radius 3 is 2.55 bits per heavy atom. The smallest absolute Gasteiger partial charge is 0.137 e. The highest BCUT2D eigenvalue weighted by atomic mass is 79.9. The number of halogens is 4. The van der Waals surface area contributed by atoms with Gasteiger partial charge in [0.05, 0.1) is 14.5 Å². The third-order valence-corrected chi connectivity index (χ3v) is 4.39. The maximum atomic E-state index is 13.2. The van der Waals surface area contributed by atoms with Gasteiger partial charge in [0.2, 0.25) is 0 Å². The van der Waals surface area contributed by atoms with E-state index in [0.29, 0.717) is 21.1 Å². The fourth-order valence-electron chi connectivity index (χ4n) is 1.82. The van der Waals surface area contributed by atoms with E-state index >= 15 is 0 Å². The molecule has 0 heterocycles. The van der Waals surface area contributed by atoms with Crippen molar-refractivity contribution in [2.45, 2.75) is 19.5 Å². The predicted molar refractivity (Wildman–Crippen MR) is 85.8 cm³/mol. The second kappa shape index (κ2) is 6.90. The Morgan fingerprint density at radius 2 is 1.90 bits per heavy atom. The first-order valence-electron chi connectivity index (χ1n) is 6.09. The molecule has 1 atom stereocenters. The summed E-state index contributed by atoms with van der Waals surface area (Å²) in [5, 5.41) is 4.45. The third kappa shape index (κ3) is 3.95. The molecular formula is C15H13BrCl2FN. The topological polar surface area (TPSA) is 12.0 Å². The SMILES string of the molecule is CC(NCc1ccc(F)c(Br)c1)c1ccc(Cl)c(Cl)c1. The summed E-state index contributed by atoms with van der Waals surface area (Å²) in [5.41, 5.74) is 2.06. The van der Waals surface area contributed by atoms with Crippen LogP contribution in [0.2, 0.25) is 10.0 Å². The summed E-state index contributed by atoms with van der Waals surface area (Å²) in [6, 6.07) is 10.7. The molecular weight excluding hydrogens is 364 g/mol. The largest absolute Gasteiger partial charge is 0.306 e. The van der Waals surface area contributed by atoms with E-state index in [4.69, 9.17) is 23.2 Å². The first-order chi connectivity index (χ1) is 9.47. The van der Waals surface area contributed by atoms with Gasteiger partial charge < -0.3 is 5.32 Å². The van der Waals surface area contributed by atoms with Crippen molar-refractivity contribution in [1.29, 1.82) is 0 Å². The maximum Gasteiger partial charge on any atom is 0.137 e. The molecule has 2 aromatic rings. The first kappa shape index (κ1) is 15.8. The highest BCUT2D eigenvalue weighted by molar-refractivity contribution is 9.10. The molecule has 0 aliphatic heterocycles. The zero-order valence-corrected chi connectivity index (χ0v) is 13.9. The Kier molecular flexibility index (Phi) is 5.44. The zero-order valence-electron chi connectivity index (χ0n) is 10.8. The fourth-order valence-corrected chi connectivity index (χ4v) is 2.55. The van der Waals surface area contributed by atoms with Crippen LogP contribution in [0.15, 0.2) is 40.9 Å². The van der Waals surface area contributed by atoms with Crippen LogP contribution >= 0.6 is 39.1 Å². The minimum atomic E-state index is -0.258. The molecule has 2 aromatic carbocycles. The Hall–Kier alpha value is -0.610. The molecule has 0 saturated heterocycles. The van der Waals surface area contributed by atoms with E-state index in [0.717, 1.165) is 11.1 Å². The molecule has 0 aromatic heterocycles. The van der Waals surface area contributed by atoms with Crippen LogP contribution in [0, 0.1) is 5.82 Å². The molecule has 0 aliphatic rings. The van der Waals surface area contributed by atoms with Gasteiger partial charge in [-0.25, -0.2) is 4.39 Å². The molecule has 5 heteroatoms. The van der Waals surface area contributed by atoms with E-state index in [2.05, 4.69) is 21.2 Å². The number of nitrogens with one attached hydrogen (secondary N) is 1. The molecule has 1 unspecified atom stereocenters. The Labute approximate surface area is 136 Å². The number of hydrogen-bond acceptors (Lipinski definition) is 1. The highest BCUT2D eigenvalue weighted by Gasteiger charge is 2.08. The lowest BCUT2D eigenvalue weighted by Gasteiger charge is -2.15. The lowest BCUT2D eigenvalue weighted by molar-refractivity contribution is 0.572. The van der Waals surface area contributed by atoms with Crippen molar-refractivity contribution in [2.24, 2.45) is 0 Å². The van der Waals surface area contributed by atoms with Gasteiger partial charge in [0, 0.05) is 12.6 Å². The molecule has 106 valence electrons. The second-order valence-corrected chi connectivity index (χ2v) is 6.19. The lowest BCUT2D eigenvalue weighted by Crippen LogP contribution is -2.18. The molecule has 0 bridgehead atoms. The van der Waals surface area contributed by atoms with Crippen molar-refractivity contribution in [3.05, 3.63) is 67.9 Å². The van der Waals surface area contributed by atoms with Crippen molar-refractivity contribution in [3.63, 3.8) is 0 Å². The van der Waals surface area contributed by atoms with Crippen LogP contribution in [-0.4, -0.2) is 0 Å². The van der Waals surface area contributed by atoms with Crippen LogP contribution in [0.5, 0.6) is 0 Å². The predicted octanol–water partition coefficient (Wildman–Crippen LogP) is 5.75. The molecule has 1 N–H and O–H groups in total. The summed E-state index contributed by atoms with van der Waals surface area (Å²) >= 11 is 15.1. The van der Waals surface area contributed by atoms with Gasteiger partial charge in [-0.15, -0.1) is 0 Å². The minimum Gasteiger partial charge on any atom is -0.306 e. The van der Waals surface area contributed by atoms with Crippen molar-refractivity contribution in [3.8, 4) is 0 Å². The monoisotopic (exact) mass is 375 g/mol. The average molecular weight is 377 g/mol. The van der Waals surface area contributed by atoms with Crippen LogP contribution < -0.4 is 5.32 Å². The van der Waals surface area contributed by atoms with Gasteiger partial charge in [0.15, 0.2) is 0 Å². The van der Waals surface area contributed by atoms with Gasteiger partial charge in [-0.05, 0) is 58.2 Å². The Balaban J connectivity index is 2.02. The van der Waals surface area contributed by atoms with E-state index in [1.807, 2.05) is 19.1 Å². The highest BCUT2D eigenvalue weighted by Crippen LogP contribution is 2.25. The molecule has 2 rings (SSSR count). The summed E-state index contributed by atoms with van der Waals surface area (Å²) in [7, 11) is 0. The Morgan fingerprint density at radius 1 is 1.15 bits per heavy atom. The first-order valence-corrected chi connectivity index (χ1v) is 7.64. The number of rotatable bonds is 4. The van der Waals surface area contributed by atoms with Crippen molar-refractivity contribution >= 4 is 39.1 Å². The van der Waals surface area contributed by atoms with Gasteiger partial charge in [0.25, 0.3) is 0 Å². The zero-order chi connectivity index (χ0) is 14.7. The van der Waals surface area contributed by atoms with E-state index in [-0.39, 0.29) is 11.9 Å². The van der Waals surface area contributed by atoms with E-state index in [1.54, 1.807) is 18.2 Å². The van der Waals surface area contributed by atoms with Crippen LogP contribution in [0.1, 0.15) is 24.1 Å². The third-order valence-electron chi connectivity index (χ3n) is 3.04. The van der Waals surface area contributed by atoms with Crippen LogP contribution in [0.3, 0.4) is 0 Å². The molecule has 1 nitrogen and oxygen atoms in total. The molecule has 20 heavy (non-hydrogen) atoms. The molecule has 0 amide bonds. The van der Waals surface area contributed by atoms with Crippen molar-refractivity contribution < 1.29 is 4.39 Å². The van der Waals surface area contributed by atoms with Gasteiger partial charge in [-0.2, -0.15) is 0 Å². The van der Waals surface area contributed by atoms with Crippen LogP contribution in [-0.2, 0) is 6.54 Å². The summed E-state index contributed by atoms with van der Waals surface area (Å²) in [6.45, 7) is 2.68. The minimum absolute atomic E-state index is 0.119.